The van der Waals surface area contributed by atoms with E-state index in [-0.39, 0.29) is 42.5 Å². The van der Waals surface area contributed by atoms with Gasteiger partial charge in [-0.1, -0.05) is 35.3 Å². The summed E-state index contributed by atoms with van der Waals surface area (Å²) in [5, 5.41) is 11.7. The molecule has 0 unspecified atom stereocenters. The summed E-state index contributed by atoms with van der Waals surface area (Å²) in [6.45, 7) is 0.882. The van der Waals surface area contributed by atoms with Crippen LogP contribution in [0.5, 0.6) is 0 Å². The normalized spacial score (nSPS) is 11.1. The summed E-state index contributed by atoms with van der Waals surface area (Å²) in [5.74, 6) is -0.270. The van der Waals surface area contributed by atoms with E-state index in [1.165, 1.54) is 11.3 Å². The highest BCUT2D eigenvalue weighted by atomic mass is 35.5. The van der Waals surface area contributed by atoms with Crippen molar-refractivity contribution in [3.05, 3.63) is 86.1 Å². The van der Waals surface area contributed by atoms with Crippen molar-refractivity contribution in [2.45, 2.75) is 32.4 Å². The molecule has 0 aliphatic rings. The number of nitrogens with one attached hydrogen (secondary N) is 1. The second-order valence-electron chi connectivity index (χ2n) is 8.67. The quantitative estimate of drug-likeness (QED) is 0.241. The van der Waals surface area contributed by atoms with Crippen LogP contribution in [0.2, 0.25) is 10.0 Å². The van der Waals surface area contributed by atoms with Gasteiger partial charge >= 0.3 is 0 Å². The minimum Gasteiger partial charge on any atom is -0.346 e. The van der Waals surface area contributed by atoms with Crippen LogP contribution >= 0.6 is 34.5 Å². The largest absolute Gasteiger partial charge is 0.346 e. The van der Waals surface area contributed by atoms with Gasteiger partial charge in [0, 0.05) is 43.6 Å². The Bertz CT molecular complexity index is 1490. The number of benzene rings is 2. The molecule has 1 N–H and O–H groups in total. The maximum Gasteiger partial charge on any atom is 0.222 e. The lowest BCUT2D eigenvalue weighted by Gasteiger charge is -2.17. The molecule has 4 rings (SSSR count). The minimum absolute atomic E-state index is 0.0129. The number of hydrogen-bond donors (Lipinski definition) is 1. The number of ketones is 2. The molecule has 37 heavy (non-hydrogen) atoms. The second kappa shape index (κ2) is 11.9. The predicted octanol–water partition coefficient (Wildman–Crippen LogP) is 5.69. The molecule has 10 heteroatoms. The van der Waals surface area contributed by atoms with E-state index in [1.807, 2.05) is 17.5 Å². The van der Waals surface area contributed by atoms with Gasteiger partial charge in [-0.2, -0.15) is 0 Å². The molecule has 0 radical (unpaired) electrons. The van der Waals surface area contributed by atoms with E-state index in [1.54, 1.807) is 63.5 Å². The van der Waals surface area contributed by atoms with Crippen LogP contribution < -0.4 is 5.62 Å². The Hall–Kier alpha value is -3.20. The number of para-hydroxylation sites is 1. The van der Waals surface area contributed by atoms with Gasteiger partial charge in [0.15, 0.2) is 11.6 Å². The molecule has 4 aromatic rings. The lowest BCUT2D eigenvalue weighted by Crippen LogP contribution is -2.31. The number of carbonyl (C=O) groups is 3. The van der Waals surface area contributed by atoms with Gasteiger partial charge in [-0.05, 0) is 54.3 Å². The fraction of sp³-hybridized carbons (Fsp3) is 0.259. The van der Waals surface area contributed by atoms with E-state index in [4.69, 9.17) is 28.6 Å². The van der Waals surface area contributed by atoms with Crippen LogP contribution in [0.4, 0.5) is 0 Å². The summed E-state index contributed by atoms with van der Waals surface area (Å²) < 4.78 is 3.41. The first kappa shape index (κ1) is 26.9. The highest BCUT2D eigenvalue weighted by Gasteiger charge is 2.18. The minimum atomic E-state index is -0.142. The molecule has 0 aliphatic carbocycles. The average molecular weight is 558 g/mol. The topological polar surface area (TPSA) is 88.2 Å². The van der Waals surface area contributed by atoms with Gasteiger partial charge in [0.05, 0.1) is 27.5 Å². The van der Waals surface area contributed by atoms with Crippen molar-refractivity contribution in [1.82, 2.24) is 14.0 Å². The van der Waals surface area contributed by atoms with Gasteiger partial charge in [-0.25, -0.2) is 0 Å². The number of amides is 1. The van der Waals surface area contributed by atoms with Crippen molar-refractivity contribution < 1.29 is 14.4 Å². The number of nitrogens with zero attached hydrogens (tertiary/aromatic N) is 3. The van der Waals surface area contributed by atoms with Crippen molar-refractivity contribution in [2.24, 2.45) is 0 Å². The van der Waals surface area contributed by atoms with Crippen molar-refractivity contribution in [2.75, 3.05) is 13.6 Å². The van der Waals surface area contributed by atoms with Gasteiger partial charge in [-0.15, -0.1) is 11.3 Å². The predicted molar refractivity (Wildman–Crippen MR) is 147 cm³/mol. The first-order chi connectivity index (χ1) is 17.8. The zero-order valence-electron chi connectivity index (χ0n) is 20.2. The SMILES string of the molecule is CN(CCCn1c(=N)n(CC(=O)c2ccc(Cl)cc2)c2cccc(Cl)c21)C(=O)CCC(=O)c1cccs1. The summed E-state index contributed by atoms with van der Waals surface area (Å²) in [5.41, 5.74) is 2.03. The molecular formula is C27H26Cl2N4O3S. The van der Waals surface area contributed by atoms with Crippen LogP contribution in [0.25, 0.3) is 11.0 Å². The number of thiophene rings is 1. The van der Waals surface area contributed by atoms with Crippen molar-refractivity contribution in [1.29, 1.82) is 5.41 Å². The van der Waals surface area contributed by atoms with E-state index in [0.29, 0.717) is 51.0 Å². The Balaban J connectivity index is 1.43. The number of aromatic nitrogens is 2. The number of imidazole rings is 1. The zero-order chi connectivity index (χ0) is 26.5. The first-order valence-corrected chi connectivity index (χ1v) is 13.4. The van der Waals surface area contributed by atoms with Crippen molar-refractivity contribution in [3.8, 4) is 0 Å². The van der Waals surface area contributed by atoms with E-state index in [0.717, 1.165) is 0 Å². The molecule has 2 aromatic carbocycles. The molecule has 0 fully saturated rings. The monoisotopic (exact) mass is 556 g/mol. The fourth-order valence-electron chi connectivity index (χ4n) is 4.17. The number of aryl methyl sites for hydroxylation is 1. The van der Waals surface area contributed by atoms with E-state index in [2.05, 4.69) is 0 Å². The molecule has 0 bridgehead atoms. The molecule has 0 saturated heterocycles. The van der Waals surface area contributed by atoms with E-state index in [9.17, 15) is 14.4 Å². The summed E-state index contributed by atoms with van der Waals surface area (Å²) in [6, 6.07) is 15.6. The molecular weight excluding hydrogens is 531 g/mol. The van der Waals surface area contributed by atoms with Gasteiger partial charge in [0.1, 0.15) is 0 Å². The lowest BCUT2D eigenvalue weighted by atomic mass is 10.1. The highest BCUT2D eigenvalue weighted by molar-refractivity contribution is 7.12. The van der Waals surface area contributed by atoms with Gasteiger partial charge in [0.25, 0.3) is 0 Å². The van der Waals surface area contributed by atoms with Crippen molar-refractivity contribution >= 4 is 63.0 Å². The first-order valence-electron chi connectivity index (χ1n) is 11.8. The van der Waals surface area contributed by atoms with Crippen LogP contribution in [0.15, 0.2) is 60.0 Å². The van der Waals surface area contributed by atoms with Crippen LogP contribution in [0, 0.1) is 5.41 Å². The number of Topliss-reactive ketones (excluding diaryl/α,β-unsaturated/α-hetero) is 2. The van der Waals surface area contributed by atoms with Crippen LogP contribution in [-0.4, -0.2) is 45.1 Å². The fourth-order valence-corrected chi connectivity index (χ4v) is 5.26. The number of carbonyl (C=O) groups excluding carboxylic acids is 3. The summed E-state index contributed by atoms with van der Waals surface area (Å²) in [7, 11) is 1.71. The Morgan fingerprint density at radius 2 is 1.70 bits per heavy atom. The third-order valence-corrected chi connectivity index (χ3v) is 7.64. The molecule has 0 saturated carbocycles. The summed E-state index contributed by atoms with van der Waals surface area (Å²) in [4.78, 5) is 39.9. The molecule has 0 spiro atoms. The van der Waals surface area contributed by atoms with E-state index >= 15 is 0 Å². The lowest BCUT2D eigenvalue weighted by molar-refractivity contribution is -0.129. The Morgan fingerprint density at radius 1 is 0.946 bits per heavy atom. The van der Waals surface area contributed by atoms with Crippen LogP contribution in [0.1, 0.15) is 39.3 Å². The highest BCUT2D eigenvalue weighted by Crippen LogP contribution is 2.23. The Morgan fingerprint density at radius 3 is 2.41 bits per heavy atom. The molecule has 2 aromatic heterocycles. The number of halogens is 2. The van der Waals surface area contributed by atoms with Gasteiger partial charge in [-0.3, -0.25) is 19.8 Å². The zero-order valence-corrected chi connectivity index (χ0v) is 22.6. The Labute approximate surface area is 228 Å². The smallest absolute Gasteiger partial charge is 0.222 e. The molecule has 1 amide bonds. The summed E-state index contributed by atoms with van der Waals surface area (Å²) >= 11 is 13.8. The van der Waals surface area contributed by atoms with Crippen LogP contribution in [0.3, 0.4) is 0 Å². The number of rotatable bonds is 11. The van der Waals surface area contributed by atoms with Crippen molar-refractivity contribution in [3.63, 3.8) is 0 Å². The maximum atomic E-state index is 12.9. The molecule has 2 heterocycles. The van der Waals surface area contributed by atoms with Gasteiger partial charge in [0.2, 0.25) is 11.5 Å². The van der Waals surface area contributed by atoms with Crippen LogP contribution in [-0.2, 0) is 17.9 Å². The van der Waals surface area contributed by atoms with E-state index < -0.39 is 0 Å². The Kier molecular flexibility index (Phi) is 8.63. The third kappa shape index (κ3) is 6.21. The second-order valence-corrected chi connectivity index (χ2v) is 10.5. The molecule has 7 nitrogen and oxygen atoms in total. The summed E-state index contributed by atoms with van der Waals surface area (Å²) in [6.07, 6.45) is 0.912. The molecule has 0 aliphatic heterocycles. The third-order valence-electron chi connectivity index (χ3n) is 6.17. The molecule has 0 atom stereocenters. The maximum absolute atomic E-state index is 12.9. The number of hydrogen-bond acceptors (Lipinski definition) is 5. The number of fused-ring (bicyclic) bond motifs is 1. The van der Waals surface area contributed by atoms with Gasteiger partial charge < -0.3 is 14.0 Å². The average Bonchev–Trinajstić information content (AvgIpc) is 3.51. The standard InChI is InChI=1S/C27H26Cl2N4O3S/c1-31(25(36)13-12-22(34)24-7-3-16-37-24)14-4-15-32-26-20(29)5-2-6-21(26)33(27(32)30)17-23(35)18-8-10-19(28)11-9-18/h2-3,5-11,16,30H,4,12-15,17H2,1H3. The molecule has 192 valence electrons.